The van der Waals surface area contributed by atoms with Crippen LogP contribution < -0.4 is 11.1 Å². The van der Waals surface area contributed by atoms with Gasteiger partial charge in [0.1, 0.15) is 0 Å². The topological polar surface area (TPSA) is 112 Å². The molecule has 0 aliphatic heterocycles. The summed E-state index contributed by atoms with van der Waals surface area (Å²) in [6, 6.07) is 15.8. The Morgan fingerprint density at radius 1 is 1.14 bits per heavy atom. The van der Waals surface area contributed by atoms with Crippen molar-refractivity contribution in [3.8, 4) is 11.3 Å². The minimum Gasteiger partial charge on any atom is -0.399 e. The van der Waals surface area contributed by atoms with Crippen LogP contribution in [0.25, 0.3) is 22.2 Å². The van der Waals surface area contributed by atoms with Crippen molar-refractivity contribution in [3.63, 3.8) is 0 Å². The SMILES string of the molecule is C=C/C(=C\C(N)=C/C)COC1CCC(Nc2ncc(Cl)c(-c3cn(S(=O)(=O)c4ccccc4)c4ccccc34)n2)CC1. The molecule has 0 amide bonds. The first-order chi connectivity index (χ1) is 20.3. The van der Waals surface area contributed by atoms with E-state index in [0.29, 0.717) is 40.0 Å². The van der Waals surface area contributed by atoms with Crippen molar-refractivity contribution in [3.05, 3.63) is 108 Å². The first-order valence-electron chi connectivity index (χ1n) is 13.9. The van der Waals surface area contributed by atoms with E-state index in [4.69, 9.17) is 27.1 Å². The summed E-state index contributed by atoms with van der Waals surface area (Å²) in [4.78, 5) is 9.37. The van der Waals surface area contributed by atoms with Gasteiger partial charge in [-0.15, -0.1) is 0 Å². The Kier molecular flexibility index (Phi) is 9.11. The van der Waals surface area contributed by atoms with Gasteiger partial charge >= 0.3 is 0 Å². The Bertz CT molecular complexity index is 1740. The predicted molar refractivity (Wildman–Crippen MR) is 169 cm³/mol. The number of hydrogen-bond donors (Lipinski definition) is 2. The van der Waals surface area contributed by atoms with E-state index in [1.165, 1.54) is 3.97 Å². The van der Waals surface area contributed by atoms with Crippen molar-refractivity contribution >= 4 is 38.5 Å². The van der Waals surface area contributed by atoms with Crippen LogP contribution in [0.4, 0.5) is 5.95 Å². The number of allylic oxidation sites excluding steroid dienone is 2. The van der Waals surface area contributed by atoms with Gasteiger partial charge in [-0.3, -0.25) is 0 Å². The van der Waals surface area contributed by atoms with Crippen molar-refractivity contribution in [2.45, 2.75) is 49.6 Å². The van der Waals surface area contributed by atoms with E-state index in [9.17, 15) is 8.42 Å². The molecule has 10 heteroatoms. The number of nitrogens with one attached hydrogen (secondary N) is 1. The highest BCUT2D eigenvalue weighted by atomic mass is 35.5. The highest BCUT2D eigenvalue weighted by molar-refractivity contribution is 7.90. The Balaban J connectivity index is 1.33. The third-order valence-electron chi connectivity index (χ3n) is 7.42. The molecule has 0 bridgehead atoms. The number of benzene rings is 2. The van der Waals surface area contributed by atoms with Crippen molar-refractivity contribution in [1.82, 2.24) is 13.9 Å². The Morgan fingerprint density at radius 2 is 1.86 bits per heavy atom. The molecule has 8 nitrogen and oxygen atoms in total. The lowest BCUT2D eigenvalue weighted by Gasteiger charge is -2.29. The molecule has 1 aliphatic carbocycles. The fraction of sp³-hybridized carbons (Fsp3) is 0.250. The van der Waals surface area contributed by atoms with Crippen molar-refractivity contribution < 1.29 is 13.2 Å². The zero-order valence-corrected chi connectivity index (χ0v) is 25.0. The summed E-state index contributed by atoms with van der Waals surface area (Å²) >= 11 is 6.60. The second-order valence-corrected chi connectivity index (χ2v) is 12.4. The number of nitrogens with two attached hydrogens (primary N) is 1. The van der Waals surface area contributed by atoms with E-state index in [1.54, 1.807) is 54.9 Å². The predicted octanol–water partition coefficient (Wildman–Crippen LogP) is 6.70. The number of ether oxygens (including phenoxy) is 1. The summed E-state index contributed by atoms with van der Waals surface area (Å²) in [5, 5.41) is 4.51. The molecule has 0 spiro atoms. The average Bonchev–Trinajstić information content (AvgIpc) is 3.41. The molecule has 0 unspecified atom stereocenters. The van der Waals surface area contributed by atoms with Crippen molar-refractivity contribution in [2.24, 2.45) is 5.73 Å². The maximum Gasteiger partial charge on any atom is 0.268 e. The van der Waals surface area contributed by atoms with Gasteiger partial charge in [0.25, 0.3) is 10.0 Å². The lowest BCUT2D eigenvalue weighted by atomic mass is 9.93. The minimum absolute atomic E-state index is 0.151. The van der Waals surface area contributed by atoms with E-state index in [0.717, 1.165) is 36.6 Å². The van der Waals surface area contributed by atoms with Crippen LogP contribution in [0.1, 0.15) is 32.6 Å². The maximum absolute atomic E-state index is 13.6. The molecule has 1 saturated carbocycles. The van der Waals surface area contributed by atoms with Crippen molar-refractivity contribution in [1.29, 1.82) is 0 Å². The largest absolute Gasteiger partial charge is 0.399 e. The van der Waals surface area contributed by atoms with Gasteiger partial charge in [0.15, 0.2) is 0 Å². The molecule has 1 aliphatic rings. The molecule has 2 aromatic heterocycles. The zero-order valence-electron chi connectivity index (χ0n) is 23.4. The lowest BCUT2D eigenvalue weighted by molar-refractivity contribution is 0.0414. The molecule has 1 fully saturated rings. The number of nitrogens with zero attached hydrogens (tertiary/aromatic N) is 3. The molecule has 2 heterocycles. The molecule has 3 N–H and O–H groups in total. The van der Waals surface area contributed by atoms with Crippen LogP contribution in [0.5, 0.6) is 0 Å². The monoisotopic (exact) mass is 603 g/mol. The number of fused-ring (bicyclic) bond motifs is 1. The molecule has 218 valence electrons. The van der Waals surface area contributed by atoms with Gasteiger partial charge in [0.2, 0.25) is 5.95 Å². The van der Waals surface area contributed by atoms with E-state index in [2.05, 4.69) is 16.9 Å². The fourth-order valence-electron chi connectivity index (χ4n) is 5.10. The molecule has 2 aromatic carbocycles. The van der Waals surface area contributed by atoms with Crippen LogP contribution in [0.2, 0.25) is 5.02 Å². The Labute approximate surface area is 251 Å². The number of aromatic nitrogens is 3. The van der Waals surface area contributed by atoms with Crippen LogP contribution in [-0.4, -0.2) is 41.1 Å². The molecule has 0 atom stereocenters. The standard InChI is InChI=1S/C32H34ClN5O3S/c1-3-22(18-23(34)4-2)21-41-25-16-14-24(15-17-25)36-32-35-19-29(33)31(37-32)28-20-38(30-13-9-8-12-27(28)30)42(39,40)26-10-6-5-7-11-26/h3-13,18-20,24-25H,1,14-17,21,34H2,2H3,(H,35,36,37)/b22-18+,23-4+. The Hall–Kier alpha value is -3.92. The third kappa shape index (κ3) is 6.43. The highest BCUT2D eigenvalue weighted by Gasteiger charge is 2.25. The number of anilines is 1. The van der Waals surface area contributed by atoms with E-state index in [1.807, 2.05) is 37.3 Å². The lowest BCUT2D eigenvalue weighted by Crippen LogP contribution is -2.30. The van der Waals surface area contributed by atoms with E-state index >= 15 is 0 Å². The Morgan fingerprint density at radius 3 is 2.57 bits per heavy atom. The van der Waals surface area contributed by atoms with Gasteiger partial charge in [0, 0.05) is 28.9 Å². The molecule has 0 saturated heterocycles. The summed E-state index contributed by atoms with van der Waals surface area (Å²) in [5.74, 6) is 0.445. The summed E-state index contributed by atoms with van der Waals surface area (Å²) in [5.41, 5.74) is 9.16. The molecule has 42 heavy (non-hydrogen) atoms. The van der Waals surface area contributed by atoms with Crippen LogP contribution in [0, 0.1) is 0 Å². The molecule has 0 radical (unpaired) electrons. The van der Waals surface area contributed by atoms with Gasteiger partial charge in [-0.1, -0.05) is 66.7 Å². The summed E-state index contributed by atoms with van der Waals surface area (Å²) in [6.45, 7) is 6.22. The van der Waals surface area contributed by atoms with Gasteiger partial charge in [-0.25, -0.2) is 22.4 Å². The molecular weight excluding hydrogens is 570 g/mol. The van der Waals surface area contributed by atoms with Gasteiger partial charge < -0.3 is 15.8 Å². The zero-order chi connectivity index (χ0) is 29.7. The van der Waals surface area contributed by atoms with Crippen LogP contribution in [-0.2, 0) is 14.8 Å². The van der Waals surface area contributed by atoms with E-state index in [-0.39, 0.29) is 17.0 Å². The van der Waals surface area contributed by atoms with Gasteiger partial charge in [-0.05, 0) is 62.5 Å². The number of para-hydroxylation sites is 1. The summed E-state index contributed by atoms with van der Waals surface area (Å²) in [6.07, 6.45) is 12.4. The van der Waals surface area contributed by atoms with Crippen LogP contribution in [0.3, 0.4) is 0 Å². The average molecular weight is 604 g/mol. The number of halogens is 1. The quantitative estimate of drug-likeness (QED) is 0.194. The second-order valence-electron chi connectivity index (χ2n) is 10.2. The first-order valence-corrected chi connectivity index (χ1v) is 15.7. The molecule has 4 aromatic rings. The van der Waals surface area contributed by atoms with Crippen molar-refractivity contribution in [2.75, 3.05) is 11.9 Å². The normalized spacial score (nSPS) is 18.2. The van der Waals surface area contributed by atoms with Crippen LogP contribution in [0.15, 0.2) is 108 Å². The van der Waals surface area contributed by atoms with Gasteiger partial charge in [0.05, 0.1) is 40.0 Å². The van der Waals surface area contributed by atoms with Gasteiger partial charge in [-0.2, -0.15) is 0 Å². The molecular formula is C32H34ClN5O3S. The second kappa shape index (κ2) is 12.9. The minimum atomic E-state index is -3.84. The smallest absolute Gasteiger partial charge is 0.268 e. The third-order valence-corrected chi connectivity index (χ3v) is 9.38. The highest BCUT2D eigenvalue weighted by Crippen LogP contribution is 2.36. The summed E-state index contributed by atoms with van der Waals surface area (Å²) in [7, 11) is -3.84. The maximum atomic E-state index is 13.6. The fourth-order valence-corrected chi connectivity index (χ4v) is 6.68. The van der Waals surface area contributed by atoms with Crippen LogP contribution >= 0.6 is 11.6 Å². The van der Waals surface area contributed by atoms with E-state index < -0.39 is 10.0 Å². The summed E-state index contributed by atoms with van der Waals surface area (Å²) < 4.78 is 34.5. The number of rotatable bonds is 10. The first kappa shape index (κ1) is 29.6. The molecule has 5 rings (SSSR count). The number of hydrogen-bond acceptors (Lipinski definition) is 7.